The van der Waals surface area contributed by atoms with E-state index in [0.29, 0.717) is 0 Å². The molecule has 8 heteroatoms. The second-order valence-corrected chi connectivity index (χ2v) is 26.3. The first-order valence-electron chi connectivity index (χ1n) is 7.02. The summed E-state index contributed by atoms with van der Waals surface area (Å²) < 4.78 is 4.08. The van der Waals surface area contributed by atoms with E-state index >= 15 is 0 Å². The first kappa shape index (κ1) is 18.8. The molecule has 2 amide bonds. The third kappa shape index (κ3) is 2.51. The summed E-state index contributed by atoms with van der Waals surface area (Å²) in [4.78, 5) is 25.8. The Kier molecular flexibility index (Phi) is 5.76. The van der Waals surface area contributed by atoms with Gasteiger partial charge in [0.05, 0.1) is 0 Å². The summed E-state index contributed by atoms with van der Waals surface area (Å²) in [5.41, 5.74) is 0.205. The summed E-state index contributed by atoms with van der Waals surface area (Å²) in [6.07, 6.45) is 0. The first-order chi connectivity index (χ1) is 10.3. The van der Waals surface area contributed by atoms with Gasteiger partial charge in [0.25, 0.3) is 0 Å². The molecular formula is C14H15Cl4NO2Pb. The van der Waals surface area contributed by atoms with E-state index in [2.05, 4.69) is 0 Å². The predicted molar refractivity (Wildman–Crippen MR) is 94.2 cm³/mol. The van der Waals surface area contributed by atoms with Crippen LogP contribution in [0.4, 0.5) is 0 Å². The normalized spacial score (nSPS) is 14.8. The van der Waals surface area contributed by atoms with Crippen LogP contribution in [0.15, 0.2) is 0 Å². The minimum absolute atomic E-state index is 0.0116. The maximum atomic E-state index is 12.9. The van der Waals surface area contributed by atoms with Gasteiger partial charge >= 0.3 is 156 Å². The summed E-state index contributed by atoms with van der Waals surface area (Å²) in [7, 11) is 0. The van der Waals surface area contributed by atoms with Crippen molar-refractivity contribution in [2.24, 2.45) is 0 Å². The Hall–Kier alpha value is 0.442. The van der Waals surface area contributed by atoms with Gasteiger partial charge in [-0.2, -0.15) is 0 Å². The van der Waals surface area contributed by atoms with E-state index in [4.69, 9.17) is 46.4 Å². The summed E-state index contributed by atoms with van der Waals surface area (Å²) in [6.45, 7) is 6.13. The molecule has 22 heavy (non-hydrogen) atoms. The standard InChI is InChI=1S/C8HCl4NO2.3C2H5.Pb/c9-3-1-2(8(15)13-7(1)14)4(10)6(12)5(3)11;3*1-2;/h(H,13,14,15);3*1H2,2H3;/q;;;;+1/p-1. The fourth-order valence-electron chi connectivity index (χ4n) is 3.00. The number of imide groups is 1. The second kappa shape index (κ2) is 6.75. The number of carbonyl (C=O) groups excluding carboxylic acids is 2. The molecule has 3 nitrogen and oxygen atoms in total. The van der Waals surface area contributed by atoms with Crippen LogP contribution in [0.25, 0.3) is 0 Å². The van der Waals surface area contributed by atoms with E-state index < -0.39 is 21.5 Å². The van der Waals surface area contributed by atoms with Crippen molar-refractivity contribution in [1.29, 1.82) is 0 Å². The summed E-state index contributed by atoms with van der Waals surface area (Å²) in [6, 6.07) is 0. The van der Waals surface area contributed by atoms with Gasteiger partial charge in [-0.15, -0.1) is 0 Å². The van der Waals surface area contributed by atoms with Crippen LogP contribution in [0.5, 0.6) is 0 Å². The van der Waals surface area contributed by atoms with Gasteiger partial charge in [0.1, 0.15) is 0 Å². The molecule has 0 bridgehead atoms. The Labute approximate surface area is 154 Å². The fourth-order valence-corrected chi connectivity index (χ4v) is 17.8. The van der Waals surface area contributed by atoms with Gasteiger partial charge in [-0.25, -0.2) is 0 Å². The van der Waals surface area contributed by atoms with Crippen LogP contribution in [-0.2, 0) is 0 Å². The Morgan fingerprint density at radius 2 is 1.05 bits per heavy atom. The molecule has 1 aromatic carbocycles. The van der Waals surface area contributed by atoms with E-state index in [1.807, 2.05) is 20.8 Å². The Morgan fingerprint density at radius 3 is 1.32 bits per heavy atom. The summed E-state index contributed by atoms with van der Waals surface area (Å²) >= 11 is 21.1. The molecule has 120 valence electrons. The van der Waals surface area contributed by atoms with Crippen LogP contribution in [-0.4, -0.2) is 36.0 Å². The Balaban J connectivity index is 2.74. The van der Waals surface area contributed by atoms with Gasteiger partial charge in [0.15, 0.2) is 0 Å². The maximum absolute atomic E-state index is 12.9. The molecule has 0 saturated heterocycles. The molecule has 1 aliphatic rings. The molecule has 0 unspecified atom stereocenters. The van der Waals surface area contributed by atoms with Crippen molar-refractivity contribution in [2.75, 3.05) is 0 Å². The van der Waals surface area contributed by atoms with Crippen molar-refractivity contribution in [3.05, 3.63) is 31.2 Å². The average molecular weight is 578 g/mol. The Bertz CT molecular complexity index is 618. The molecule has 0 radical (unpaired) electrons. The number of carbonyl (C=O) groups is 2. The molecule has 1 aliphatic heterocycles. The fraction of sp³-hybridized carbons (Fsp3) is 0.429. The van der Waals surface area contributed by atoms with Crippen molar-refractivity contribution >= 4 is 79.7 Å². The van der Waals surface area contributed by atoms with Crippen LogP contribution in [0.2, 0.25) is 32.0 Å². The van der Waals surface area contributed by atoms with E-state index in [-0.39, 0.29) is 43.0 Å². The van der Waals surface area contributed by atoms with Crippen molar-refractivity contribution in [3.8, 4) is 0 Å². The van der Waals surface area contributed by atoms with Gasteiger partial charge < -0.3 is 0 Å². The second-order valence-electron chi connectivity index (χ2n) is 5.24. The molecule has 2 rings (SSSR count). The van der Waals surface area contributed by atoms with Gasteiger partial charge in [-0.1, -0.05) is 0 Å². The molecule has 1 aromatic rings. The van der Waals surface area contributed by atoms with Crippen molar-refractivity contribution in [2.45, 2.75) is 32.7 Å². The molecule has 0 aromatic heterocycles. The van der Waals surface area contributed by atoms with Crippen LogP contribution < -0.4 is 0 Å². The topological polar surface area (TPSA) is 37.4 Å². The molecule has 0 fully saturated rings. The monoisotopic (exact) mass is 577 g/mol. The van der Waals surface area contributed by atoms with Gasteiger partial charge in [0.2, 0.25) is 0 Å². The SMILES string of the molecule is C[CH2][Pb]([CH2]C)([CH2]C)[N]1C(=O)c2c(Cl)c(Cl)c(Cl)c(Cl)c2C1=O. The number of benzene rings is 1. The third-order valence-corrected chi connectivity index (χ3v) is 27.0. The van der Waals surface area contributed by atoms with Crippen molar-refractivity contribution < 1.29 is 9.59 Å². The number of rotatable bonds is 4. The van der Waals surface area contributed by atoms with Crippen LogP contribution >= 0.6 is 46.4 Å². The van der Waals surface area contributed by atoms with Crippen molar-refractivity contribution in [3.63, 3.8) is 0 Å². The summed E-state index contributed by atoms with van der Waals surface area (Å²) in [5.74, 6) is -0.727. The van der Waals surface area contributed by atoms with Crippen LogP contribution in [0.3, 0.4) is 0 Å². The minimum atomic E-state index is -3.27. The zero-order valence-electron chi connectivity index (χ0n) is 12.4. The summed E-state index contributed by atoms with van der Waals surface area (Å²) in [5, 5.41) is 0.0544. The Morgan fingerprint density at radius 1 is 0.727 bits per heavy atom. The van der Waals surface area contributed by atoms with E-state index in [1.54, 1.807) is 0 Å². The number of nitrogens with zero attached hydrogens (tertiary/aromatic N) is 1. The van der Waals surface area contributed by atoms with E-state index in [1.165, 1.54) is 2.71 Å². The first-order valence-corrected chi connectivity index (χ1v) is 18.5. The molecule has 0 spiro atoms. The predicted octanol–water partition coefficient (Wildman–Crippen LogP) is 5.90. The molecule has 1 heterocycles. The van der Waals surface area contributed by atoms with Crippen LogP contribution in [0.1, 0.15) is 41.5 Å². The van der Waals surface area contributed by atoms with Gasteiger partial charge in [-0.3, -0.25) is 0 Å². The van der Waals surface area contributed by atoms with Gasteiger partial charge in [-0.05, 0) is 0 Å². The van der Waals surface area contributed by atoms with Crippen LogP contribution in [0, 0.1) is 0 Å². The average Bonchev–Trinajstić information content (AvgIpc) is 2.78. The van der Waals surface area contributed by atoms with E-state index in [0.717, 1.165) is 11.9 Å². The number of halogens is 4. The zero-order chi connectivity index (χ0) is 16.8. The molecule has 0 N–H and O–H groups in total. The zero-order valence-corrected chi connectivity index (χ0v) is 19.3. The molecule has 0 atom stereocenters. The van der Waals surface area contributed by atoms with Crippen molar-refractivity contribution in [1.82, 2.24) is 2.71 Å². The van der Waals surface area contributed by atoms with Gasteiger partial charge in [0, 0.05) is 0 Å². The number of hydrogen-bond acceptors (Lipinski definition) is 2. The molecule has 0 saturated carbocycles. The molecule has 0 aliphatic carbocycles. The number of fused-ring (bicyclic) bond motifs is 1. The molecular weight excluding hydrogens is 563 g/mol. The van der Waals surface area contributed by atoms with E-state index in [9.17, 15) is 9.59 Å². The quantitative estimate of drug-likeness (QED) is 0.193. The number of amides is 2. The third-order valence-electron chi connectivity index (χ3n) is 4.55. The number of hydrogen-bond donors (Lipinski definition) is 0.